The Morgan fingerprint density at radius 2 is 2.05 bits per heavy atom. The van der Waals surface area contributed by atoms with Crippen molar-refractivity contribution < 1.29 is 4.79 Å². The highest BCUT2D eigenvalue weighted by molar-refractivity contribution is 5.91. The minimum Gasteiger partial charge on any atom is -0.335 e. The van der Waals surface area contributed by atoms with E-state index in [1.54, 1.807) is 27.9 Å². The number of amides is 1. The van der Waals surface area contributed by atoms with Gasteiger partial charge in [0.25, 0.3) is 0 Å². The second-order valence-electron chi connectivity index (χ2n) is 4.82. The van der Waals surface area contributed by atoms with Crippen LogP contribution in [0.3, 0.4) is 0 Å². The van der Waals surface area contributed by atoms with Gasteiger partial charge in [0.1, 0.15) is 0 Å². The van der Waals surface area contributed by atoms with E-state index in [0.29, 0.717) is 0 Å². The molecule has 0 aliphatic rings. The van der Waals surface area contributed by atoms with Crippen LogP contribution in [-0.2, 0) is 11.8 Å². The van der Waals surface area contributed by atoms with E-state index in [9.17, 15) is 4.79 Å². The molecule has 1 amide bonds. The average Bonchev–Trinajstić information content (AvgIpc) is 2.89. The first-order valence-electron chi connectivity index (χ1n) is 6.56. The summed E-state index contributed by atoms with van der Waals surface area (Å²) in [5, 5.41) is 4.06. The summed E-state index contributed by atoms with van der Waals surface area (Å²) < 4.78 is 1.71. The fraction of sp³-hybridized carbons (Fsp3) is 0.250. The molecule has 2 rings (SSSR count). The molecule has 1 atom stereocenters. The van der Waals surface area contributed by atoms with E-state index in [2.05, 4.69) is 5.10 Å². The van der Waals surface area contributed by atoms with E-state index in [-0.39, 0.29) is 11.9 Å². The van der Waals surface area contributed by atoms with Gasteiger partial charge in [-0.1, -0.05) is 30.3 Å². The van der Waals surface area contributed by atoms with Crippen LogP contribution >= 0.6 is 0 Å². The van der Waals surface area contributed by atoms with E-state index < -0.39 is 0 Å². The van der Waals surface area contributed by atoms with Crippen LogP contribution in [0.5, 0.6) is 0 Å². The van der Waals surface area contributed by atoms with Crippen LogP contribution in [0.2, 0.25) is 0 Å². The van der Waals surface area contributed by atoms with Crippen LogP contribution in [0.15, 0.2) is 48.8 Å². The predicted octanol–water partition coefficient (Wildman–Crippen LogP) is 2.65. The Morgan fingerprint density at radius 1 is 1.35 bits per heavy atom. The van der Waals surface area contributed by atoms with Crippen molar-refractivity contribution in [1.82, 2.24) is 14.7 Å². The number of hydrogen-bond donors (Lipinski definition) is 0. The smallest absolute Gasteiger partial charge is 0.246 e. The minimum atomic E-state index is -0.0230. The summed E-state index contributed by atoms with van der Waals surface area (Å²) in [6, 6.07) is 10.0. The van der Waals surface area contributed by atoms with Gasteiger partial charge in [0, 0.05) is 31.9 Å². The number of carbonyl (C=O) groups is 1. The first-order valence-corrected chi connectivity index (χ1v) is 6.56. The Morgan fingerprint density at radius 3 is 2.65 bits per heavy atom. The van der Waals surface area contributed by atoms with E-state index >= 15 is 0 Å². The molecule has 0 spiro atoms. The Labute approximate surface area is 119 Å². The highest BCUT2D eigenvalue weighted by atomic mass is 16.2. The zero-order chi connectivity index (χ0) is 14.5. The van der Waals surface area contributed by atoms with Crippen molar-refractivity contribution in [2.24, 2.45) is 7.05 Å². The highest BCUT2D eigenvalue weighted by Gasteiger charge is 2.14. The second-order valence-corrected chi connectivity index (χ2v) is 4.82. The molecule has 0 aliphatic carbocycles. The molecule has 0 saturated carbocycles. The predicted molar refractivity (Wildman–Crippen MR) is 79.9 cm³/mol. The summed E-state index contributed by atoms with van der Waals surface area (Å²) in [5.74, 6) is -0.0230. The summed E-state index contributed by atoms with van der Waals surface area (Å²) in [4.78, 5) is 13.9. The molecular formula is C16H19N3O. The normalized spacial score (nSPS) is 12.6. The number of benzene rings is 1. The maximum atomic E-state index is 12.1. The van der Waals surface area contributed by atoms with Crippen LogP contribution in [0.4, 0.5) is 0 Å². The van der Waals surface area contributed by atoms with Gasteiger partial charge in [-0.25, -0.2) is 0 Å². The second kappa shape index (κ2) is 6.19. The van der Waals surface area contributed by atoms with E-state index in [1.165, 1.54) is 0 Å². The third-order valence-electron chi connectivity index (χ3n) is 3.35. The quantitative estimate of drug-likeness (QED) is 0.800. The van der Waals surface area contributed by atoms with Crippen LogP contribution in [0, 0.1) is 0 Å². The molecule has 4 heteroatoms. The third kappa shape index (κ3) is 3.35. The molecule has 0 N–H and O–H groups in total. The molecule has 0 aliphatic heterocycles. The molecule has 0 radical (unpaired) electrons. The number of nitrogens with zero attached hydrogens (tertiary/aromatic N) is 3. The van der Waals surface area contributed by atoms with Crippen LogP contribution < -0.4 is 0 Å². The van der Waals surface area contributed by atoms with Gasteiger partial charge in [-0.05, 0) is 18.6 Å². The Balaban J connectivity index is 2.03. The van der Waals surface area contributed by atoms with Gasteiger partial charge >= 0.3 is 0 Å². The lowest BCUT2D eigenvalue weighted by Gasteiger charge is -2.24. The maximum Gasteiger partial charge on any atom is 0.246 e. The molecule has 20 heavy (non-hydrogen) atoms. The first-order chi connectivity index (χ1) is 9.58. The van der Waals surface area contributed by atoms with E-state index in [4.69, 9.17) is 0 Å². The topological polar surface area (TPSA) is 38.1 Å². The highest BCUT2D eigenvalue weighted by Crippen LogP contribution is 2.18. The number of hydrogen-bond acceptors (Lipinski definition) is 2. The van der Waals surface area contributed by atoms with E-state index in [1.807, 2.05) is 57.5 Å². The van der Waals surface area contributed by atoms with Crippen LogP contribution in [-0.4, -0.2) is 27.6 Å². The zero-order valence-corrected chi connectivity index (χ0v) is 12.0. The molecule has 0 bridgehead atoms. The molecule has 1 aromatic heterocycles. The van der Waals surface area contributed by atoms with Gasteiger partial charge < -0.3 is 4.90 Å². The van der Waals surface area contributed by atoms with Gasteiger partial charge in [0.05, 0.1) is 12.2 Å². The number of likely N-dealkylation sites (N-methyl/N-ethyl adjacent to an activating group) is 1. The molecule has 0 saturated heterocycles. The van der Waals surface area contributed by atoms with Crippen molar-refractivity contribution in [3.8, 4) is 0 Å². The molecule has 1 heterocycles. The number of rotatable bonds is 4. The summed E-state index contributed by atoms with van der Waals surface area (Å²) in [5.41, 5.74) is 2.04. The molecule has 4 nitrogen and oxygen atoms in total. The zero-order valence-electron chi connectivity index (χ0n) is 12.0. The molecule has 104 valence electrons. The van der Waals surface area contributed by atoms with Gasteiger partial charge in [-0.2, -0.15) is 5.10 Å². The summed E-state index contributed by atoms with van der Waals surface area (Å²) >= 11 is 0. The van der Waals surface area contributed by atoms with Crippen molar-refractivity contribution in [3.63, 3.8) is 0 Å². The SMILES string of the molecule is CC(c1ccccc1)N(C)C(=O)/C=C/c1cnn(C)c1. The lowest BCUT2D eigenvalue weighted by molar-refractivity contribution is -0.126. The van der Waals surface area contributed by atoms with Gasteiger partial charge in [0.2, 0.25) is 5.91 Å². The number of carbonyl (C=O) groups excluding carboxylic acids is 1. The van der Waals surface area contributed by atoms with Crippen LogP contribution in [0.1, 0.15) is 24.1 Å². The Hall–Kier alpha value is -2.36. The van der Waals surface area contributed by atoms with Crippen molar-refractivity contribution in [2.45, 2.75) is 13.0 Å². The van der Waals surface area contributed by atoms with Crippen molar-refractivity contribution in [3.05, 3.63) is 59.9 Å². The summed E-state index contributed by atoms with van der Waals surface area (Å²) in [7, 11) is 3.66. The first kappa shape index (κ1) is 14.1. The van der Waals surface area contributed by atoms with Gasteiger partial charge in [0.15, 0.2) is 0 Å². The summed E-state index contributed by atoms with van der Waals surface area (Å²) in [6.45, 7) is 2.02. The standard InChI is InChI=1S/C16H19N3O/c1-13(15-7-5-4-6-8-15)19(3)16(20)10-9-14-11-17-18(2)12-14/h4-13H,1-3H3/b10-9+. The van der Waals surface area contributed by atoms with E-state index in [0.717, 1.165) is 11.1 Å². The molecular weight excluding hydrogens is 250 g/mol. The third-order valence-corrected chi connectivity index (χ3v) is 3.35. The lowest BCUT2D eigenvalue weighted by Crippen LogP contribution is -2.27. The minimum absolute atomic E-state index is 0.0230. The monoisotopic (exact) mass is 269 g/mol. The summed E-state index contributed by atoms with van der Waals surface area (Å²) in [6.07, 6.45) is 6.95. The van der Waals surface area contributed by atoms with Crippen molar-refractivity contribution in [2.75, 3.05) is 7.05 Å². The molecule has 0 fully saturated rings. The largest absolute Gasteiger partial charge is 0.335 e. The number of aryl methyl sites for hydroxylation is 1. The molecule has 1 aromatic carbocycles. The van der Waals surface area contributed by atoms with Gasteiger partial charge in [-0.15, -0.1) is 0 Å². The number of aromatic nitrogens is 2. The van der Waals surface area contributed by atoms with Crippen LogP contribution in [0.25, 0.3) is 6.08 Å². The van der Waals surface area contributed by atoms with Crippen molar-refractivity contribution >= 4 is 12.0 Å². The fourth-order valence-corrected chi connectivity index (χ4v) is 1.96. The average molecular weight is 269 g/mol. The van der Waals surface area contributed by atoms with Crippen molar-refractivity contribution in [1.29, 1.82) is 0 Å². The Bertz CT molecular complexity index is 601. The van der Waals surface area contributed by atoms with Gasteiger partial charge in [-0.3, -0.25) is 9.48 Å². The molecule has 2 aromatic rings. The fourth-order valence-electron chi connectivity index (χ4n) is 1.96. The Kier molecular flexibility index (Phi) is 4.35. The maximum absolute atomic E-state index is 12.1. The lowest BCUT2D eigenvalue weighted by atomic mass is 10.1. The molecule has 1 unspecified atom stereocenters.